The number of ether oxygens (including phenoxy) is 1. The summed E-state index contributed by atoms with van der Waals surface area (Å²) in [6.07, 6.45) is 3.21. The van der Waals surface area contributed by atoms with Crippen molar-refractivity contribution in [2.45, 2.75) is 57.5 Å². The Balaban J connectivity index is 1.21. The number of carboxylic acid groups (broad SMARTS) is 1. The summed E-state index contributed by atoms with van der Waals surface area (Å²) < 4.78 is 5.59. The van der Waals surface area contributed by atoms with Crippen LogP contribution in [0.5, 0.6) is 0 Å². The van der Waals surface area contributed by atoms with Crippen molar-refractivity contribution in [1.82, 2.24) is 10.6 Å². The van der Waals surface area contributed by atoms with E-state index in [9.17, 15) is 19.5 Å². The number of hydrogen-bond donors (Lipinski definition) is 3. The molecule has 184 valence electrons. The molecule has 0 bridgehead atoms. The predicted molar refractivity (Wildman–Crippen MR) is 133 cm³/mol. The molecule has 35 heavy (non-hydrogen) atoms. The smallest absolute Gasteiger partial charge is 0.407 e. The topological polar surface area (TPSA) is 105 Å². The average molecular weight is 477 g/mol. The Morgan fingerprint density at radius 3 is 2.20 bits per heavy atom. The minimum absolute atomic E-state index is 0.0134. The highest BCUT2D eigenvalue weighted by molar-refractivity contribution is 5.84. The molecule has 2 aromatic rings. The molecule has 0 aromatic heterocycles. The number of aliphatic carboxylic acids is 1. The minimum Gasteiger partial charge on any atom is -0.480 e. The molecule has 0 aliphatic heterocycles. The van der Waals surface area contributed by atoms with Crippen molar-refractivity contribution in [3.63, 3.8) is 0 Å². The van der Waals surface area contributed by atoms with Gasteiger partial charge in [-0.15, -0.1) is 0 Å². The average Bonchev–Trinajstić information content (AvgIpc) is 3.12. The molecule has 1 saturated carbocycles. The number of fused-ring (bicyclic) bond motifs is 3. The summed E-state index contributed by atoms with van der Waals surface area (Å²) in [6, 6.07) is 15.4. The van der Waals surface area contributed by atoms with Gasteiger partial charge in [0.25, 0.3) is 0 Å². The van der Waals surface area contributed by atoms with E-state index in [1.54, 1.807) is 6.08 Å². The summed E-state index contributed by atoms with van der Waals surface area (Å²) in [5.41, 5.74) is 5.71. The third-order valence-electron chi connectivity index (χ3n) is 6.77. The van der Waals surface area contributed by atoms with Gasteiger partial charge in [-0.05, 0) is 61.3 Å². The number of benzene rings is 2. The lowest BCUT2D eigenvalue weighted by Crippen LogP contribution is -2.47. The van der Waals surface area contributed by atoms with Crippen molar-refractivity contribution in [2.24, 2.45) is 5.92 Å². The molecule has 2 amide bonds. The number of nitrogens with one attached hydrogen (secondary N) is 2. The van der Waals surface area contributed by atoms with Crippen LogP contribution in [0.2, 0.25) is 0 Å². The zero-order valence-corrected chi connectivity index (χ0v) is 20.1. The quantitative estimate of drug-likeness (QED) is 0.458. The number of carbonyl (C=O) groups excluding carboxylic acids is 2. The Bertz CT molecular complexity index is 1090. The fourth-order valence-corrected chi connectivity index (χ4v) is 4.92. The maximum atomic E-state index is 12.4. The minimum atomic E-state index is -1.04. The van der Waals surface area contributed by atoms with E-state index in [0.717, 1.165) is 5.57 Å². The predicted octanol–water partition coefficient (Wildman–Crippen LogP) is 4.62. The molecule has 0 radical (unpaired) electrons. The highest BCUT2D eigenvalue weighted by Gasteiger charge is 2.34. The molecule has 4 rings (SSSR count). The Morgan fingerprint density at radius 2 is 1.63 bits per heavy atom. The molecule has 2 aromatic carbocycles. The van der Waals surface area contributed by atoms with Crippen LogP contribution in [0.3, 0.4) is 0 Å². The van der Waals surface area contributed by atoms with Crippen LogP contribution in [0.1, 0.15) is 56.6 Å². The summed E-state index contributed by atoms with van der Waals surface area (Å²) >= 11 is 0. The molecular formula is C28H32N2O5. The van der Waals surface area contributed by atoms with Gasteiger partial charge in [-0.3, -0.25) is 4.79 Å². The van der Waals surface area contributed by atoms with Gasteiger partial charge in [-0.1, -0.05) is 60.2 Å². The molecule has 0 spiro atoms. The molecule has 1 atom stereocenters. The molecule has 7 heteroatoms. The van der Waals surface area contributed by atoms with Gasteiger partial charge < -0.3 is 20.5 Å². The molecular weight excluding hydrogens is 444 g/mol. The molecule has 7 nitrogen and oxygen atoms in total. The van der Waals surface area contributed by atoms with Gasteiger partial charge in [-0.25, -0.2) is 9.59 Å². The highest BCUT2D eigenvalue weighted by Crippen LogP contribution is 2.44. The van der Waals surface area contributed by atoms with Crippen molar-refractivity contribution in [3.05, 3.63) is 71.3 Å². The van der Waals surface area contributed by atoms with Gasteiger partial charge in [0.1, 0.15) is 12.6 Å². The second-order valence-corrected chi connectivity index (χ2v) is 9.68. The monoisotopic (exact) mass is 476 g/mol. The first-order chi connectivity index (χ1) is 16.8. The zero-order chi connectivity index (χ0) is 24.9. The van der Waals surface area contributed by atoms with E-state index in [-0.39, 0.29) is 43.2 Å². The van der Waals surface area contributed by atoms with Gasteiger partial charge >= 0.3 is 12.1 Å². The number of amides is 2. The number of hydrogen-bond acceptors (Lipinski definition) is 4. The number of carbonyl (C=O) groups is 3. The van der Waals surface area contributed by atoms with E-state index in [1.165, 1.54) is 22.3 Å². The van der Waals surface area contributed by atoms with Crippen molar-refractivity contribution in [3.8, 4) is 11.1 Å². The Labute approximate surface area is 205 Å². The standard InChI is InChI=1S/C28H32N2O5/c1-17(2)11-12-25(27(32)33)30-26(31)15-18-13-19(14-18)29-28(34)35-16-24-22-9-5-3-7-20(22)21-8-4-6-10-23(21)24/h3-11,18-19,24-25H,12-16H2,1-2H3,(H,29,34)(H,30,31)(H,32,33). The maximum Gasteiger partial charge on any atom is 0.407 e. The van der Waals surface area contributed by atoms with E-state index in [2.05, 4.69) is 34.9 Å². The SMILES string of the molecule is CC(C)=CCC(NC(=O)CC1CC(NC(=O)OCC2c3ccccc3-c3ccccc32)C1)C(=O)O. The van der Waals surface area contributed by atoms with Crippen LogP contribution in [0.4, 0.5) is 4.79 Å². The van der Waals surface area contributed by atoms with E-state index >= 15 is 0 Å². The molecule has 0 saturated heterocycles. The number of rotatable bonds is 9. The molecule has 1 unspecified atom stereocenters. The first-order valence-electron chi connectivity index (χ1n) is 12.1. The lowest BCUT2D eigenvalue weighted by atomic mass is 9.78. The Hall–Kier alpha value is -3.61. The van der Waals surface area contributed by atoms with Crippen molar-refractivity contribution >= 4 is 18.0 Å². The summed E-state index contributed by atoms with van der Waals surface area (Å²) in [5, 5.41) is 14.8. The highest BCUT2D eigenvalue weighted by atomic mass is 16.5. The number of carboxylic acids is 1. The van der Waals surface area contributed by atoms with E-state index in [0.29, 0.717) is 12.8 Å². The Morgan fingerprint density at radius 1 is 1.03 bits per heavy atom. The van der Waals surface area contributed by atoms with E-state index in [1.807, 2.05) is 38.1 Å². The third-order valence-corrected chi connectivity index (χ3v) is 6.77. The fraction of sp³-hybridized carbons (Fsp3) is 0.393. The summed E-state index contributed by atoms with van der Waals surface area (Å²) in [6.45, 7) is 4.04. The second-order valence-electron chi connectivity index (χ2n) is 9.68. The Kier molecular flexibility index (Phi) is 7.54. The summed E-state index contributed by atoms with van der Waals surface area (Å²) in [7, 11) is 0. The van der Waals surface area contributed by atoms with Crippen LogP contribution in [-0.4, -0.2) is 41.8 Å². The lowest BCUT2D eigenvalue weighted by Gasteiger charge is -2.35. The van der Waals surface area contributed by atoms with E-state index < -0.39 is 18.1 Å². The van der Waals surface area contributed by atoms with Gasteiger partial charge in [0.05, 0.1) is 0 Å². The van der Waals surface area contributed by atoms with Gasteiger partial charge in [0.2, 0.25) is 5.91 Å². The molecule has 3 N–H and O–H groups in total. The first kappa shape index (κ1) is 24.5. The van der Waals surface area contributed by atoms with Crippen LogP contribution in [-0.2, 0) is 14.3 Å². The van der Waals surface area contributed by atoms with Crippen LogP contribution in [0.25, 0.3) is 11.1 Å². The normalized spacial score (nSPS) is 18.9. The van der Waals surface area contributed by atoms with Crippen molar-refractivity contribution < 1.29 is 24.2 Å². The molecule has 1 fully saturated rings. The van der Waals surface area contributed by atoms with Gasteiger partial charge in [-0.2, -0.15) is 0 Å². The zero-order valence-electron chi connectivity index (χ0n) is 20.1. The number of allylic oxidation sites excluding steroid dienone is 1. The summed E-state index contributed by atoms with van der Waals surface area (Å²) in [5.74, 6) is -1.19. The fourth-order valence-electron chi connectivity index (χ4n) is 4.92. The van der Waals surface area contributed by atoms with E-state index in [4.69, 9.17) is 4.74 Å². The molecule has 2 aliphatic carbocycles. The van der Waals surface area contributed by atoms with Gasteiger partial charge in [0.15, 0.2) is 0 Å². The third kappa shape index (κ3) is 5.91. The van der Waals surface area contributed by atoms with Crippen LogP contribution in [0, 0.1) is 5.92 Å². The first-order valence-corrected chi connectivity index (χ1v) is 12.1. The van der Waals surface area contributed by atoms with Crippen molar-refractivity contribution in [2.75, 3.05) is 6.61 Å². The van der Waals surface area contributed by atoms with Crippen LogP contribution < -0.4 is 10.6 Å². The van der Waals surface area contributed by atoms with Crippen molar-refractivity contribution in [1.29, 1.82) is 0 Å². The number of alkyl carbamates (subject to hydrolysis) is 1. The molecule has 2 aliphatic rings. The second kappa shape index (κ2) is 10.8. The van der Waals surface area contributed by atoms with Crippen LogP contribution in [0.15, 0.2) is 60.2 Å². The van der Waals surface area contributed by atoms with Crippen LogP contribution >= 0.6 is 0 Å². The van der Waals surface area contributed by atoms with Gasteiger partial charge in [0, 0.05) is 18.4 Å². The maximum absolute atomic E-state index is 12.4. The lowest BCUT2D eigenvalue weighted by molar-refractivity contribution is -0.142. The summed E-state index contributed by atoms with van der Waals surface area (Å²) in [4.78, 5) is 36.1. The largest absolute Gasteiger partial charge is 0.480 e. The molecule has 0 heterocycles.